The highest BCUT2D eigenvalue weighted by molar-refractivity contribution is 6.45. The highest BCUT2D eigenvalue weighted by Gasteiger charge is 2.28. The van der Waals surface area contributed by atoms with Crippen molar-refractivity contribution in [1.29, 1.82) is 5.26 Å². The largest absolute Gasteiger partial charge is 0.360 e. The minimum atomic E-state index is -0.888. The highest BCUT2D eigenvalue weighted by Crippen LogP contribution is 2.19. The summed E-state index contributed by atoms with van der Waals surface area (Å²) in [5, 5.41) is 9.58. The minimum absolute atomic E-state index is 0.215. The second-order valence-electron chi connectivity index (χ2n) is 6.60. The monoisotopic (exact) mass is 354 g/mol. The number of nitrogens with one attached hydrogen (secondary N) is 1. The van der Waals surface area contributed by atoms with E-state index in [0.29, 0.717) is 11.8 Å². The standard InChI is InChI=1S/C19H22N4O3/c1-12(2)9-15(21)17(24)11-23(8-7-20)19(26)18(25)14-10-22-16-6-4-3-5-13(14)16/h3-6,10,12,15,22H,8-9,11,21H2,1-2H3. The van der Waals surface area contributed by atoms with E-state index < -0.39 is 17.7 Å². The number of nitrogens with two attached hydrogens (primary N) is 1. The lowest BCUT2D eigenvalue weighted by atomic mass is 10.0. The smallest absolute Gasteiger partial charge is 0.296 e. The highest BCUT2D eigenvalue weighted by atomic mass is 16.2. The molecule has 0 aliphatic rings. The van der Waals surface area contributed by atoms with Crippen LogP contribution in [-0.2, 0) is 9.59 Å². The summed E-state index contributed by atoms with van der Waals surface area (Å²) in [6, 6.07) is 8.18. The molecule has 1 heterocycles. The molecule has 0 fully saturated rings. The summed E-state index contributed by atoms with van der Waals surface area (Å²) >= 11 is 0. The third-order valence-corrected chi connectivity index (χ3v) is 4.06. The molecule has 2 aromatic rings. The second-order valence-corrected chi connectivity index (χ2v) is 6.60. The molecule has 7 nitrogen and oxygen atoms in total. The average molecular weight is 354 g/mol. The maximum absolute atomic E-state index is 12.6. The molecular formula is C19H22N4O3. The van der Waals surface area contributed by atoms with Gasteiger partial charge in [-0.15, -0.1) is 0 Å². The molecule has 136 valence electrons. The first-order valence-corrected chi connectivity index (χ1v) is 8.40. The van der Waals surface area contributed by atoms with Crippen LogP contribution in [0.5, 0.6) is 0 Å². The van der Waals surface area contributed by atoms with Crippen molar-refractivity contribution in [1.82, 2.24) is 9.88 Å². The van der Waals surface area contributed by atoms with E-state index in [0.717, 1.165) is 10.4 Å². The quantitative estimate of drug-likeness (QED) is 0.424. The van der Waals surface area contributed by atoms with Gasteiger partial charge in [-0.05, 0) is 18.4 Å². The molecule has 1 amide bonds. The van der Waals surface area contributed by atoms with Crippen molar-refractivity contribution in [3.05, 3.63) is 36.0 Å². The molecule has 1 unspecified atom stereocenters. The van der Waals surface area contributed by atoms with Gasteiger partial charge < -0.3 is 15.6 Å². The number of nitriles is 1. The Hall–Kier alpha value is -2.98. The first kappa shape index (κ1) is 19.3. The van der Waals surface area contributed by atoms with Gasteiger partial charge in [0.15, 0.2) is 5.78 Å². The maximum atomic E-state index is 12.6. The Bertz CT molecular complexity index is 863. The number of aromatic nitrogens is 1. The summed E-state index contributed by atoms with van der Waals surface area (Å²) in [6.07, 6.45) is 1.94. The second kappa shape index (κ2) is 8.41. The van der Waals surface area contributed by atoms with Gasteiger partial charge in [0.25, 0.3) is 11.7 Å². The zero-order chi connectivity index (χ0) is 19.3. The van der Waals surface area contributed by atoms with Gasteiger partial charge in [-0.25, -0.2) is 0 Å². The number of ketones is 2. The fraction of sp³-hybridized carbons (Fsp3) is 0.368. The van der Waals surface area contributed by atoms with E-state index in [9.17, 15) is 14.4 Å². The number of fused-ring (bicyclic) bond motifs is 1. The molecule has 1 aromatic carbocycles. The van der Waals surface area contributed by atoms with Crippen LogP contribution >= 0.6 is 0 Å². The molecule has 0 bridgehead atoms. The van der Waals surface area contributed by atoms with Gasteiger partial charge in [-0.3, -0.25) is 14.4 Å². The number of para-hydroxylation sites is 1. The van der Waals surface area contributed by atoms with Gasteiger partial charge in [0.2, 0.25) is 0 Å². The fourth-order valence-electron chi connectivity index (χ4n) is 2.75. The summed E-state index contributed by atoms with van der Waals surface area (Å²) in [7, 11) is 0. The van der Waals surface area contributed by atoms with Crippen molar-refractivity contribution in [2.45, 2.75) is 26.3 Å². The Morgan fingerprint density at radius 1 is 1.27 bits per heavy atom. The van der Waals surface area contributed by atoms with E-state index in [-0.39, 0.29) is 30.4 Å². The number of amides is 1. The number of rotatable bonds is 8. The molecule has 7 heteroatoms. The SMILES string of the molecule is CC(C)CC(N)C(=O)CN(CC#N)C(=O)C(=O)c1c[nH]c2ccccc12. The summed E-state index contributed by atoms with van der Waals surface area (Å²) in [6.45, 7) is 3.17. The fourth-order valence-corrected chi connectivity index (χ4v) is 2.75. The van der Waals surface area contributed by atoms with E-state index in [2.05, 4.69) is 4.98 Å². The van der Waals surface area contributed by atoms with Crippen molar-refractivity contribution in [3.63, 3.8) is 0 Å². The lowest BCUT2D eigenvalue weighted by molar-refractivity contribution is -0.131. The Kier molecular flexibility index (Phi) is 6.26. The molecule has 0 aliphatic carbocycles. The first-order chi connectivity index (χ1) is 12.3. The number of Topliss-reactive ketones (excluding diaryl/α,β-unsaturated/α-hetero) is 2. The number of hydrogen-bond donors (Lipinski definition) is 2. The lowest BCUT2D eigenvalue weighted by Gasteiger charge is -2.20. The molecule has 1 atom stereocenters. The molecule has 0 spiro atoms. The van der Waals surface area contributed by atoms with Crippen LogP contribution in [0.4, 0.5) is 0 Å². The molecule has 0 radical (unpaired) electrons. The Morgan fingerprint density at radius 3 is 2.62 bits per heavy atom. The van der Waals surface area contributed by atoms with E-state index in [1.165, 1.54) is 6.20 Å². The number of carbonyl (C=O) groups excluding carboxylic acids is 3. The summed E-state index contributed by atoms with van der Waals surface area (Å²) in [5.74, 6) is -1.79. The van der Waals surface area contributed by atoms with Crippen LogP contribution in [0, 0.1) is 17.2 Å². The van der Waals surface area contributed by atoms with Gasteiger partial charge in [-0.1, -0.05) is 32.0 Å². The molecular weight excluding hydrogens is 332 g/mol. The van der Waals surface area contributed by atoms with Crippen molar-refractivity contribution in [2.24, 2.45) is 11.7 Å². The number of hydrogen-bond acceptors (Lipinski definition) is 5. The Morgan fingerprint density at radius 2 is 1.96 bits per heavy atom. The van der Waals surface area contributed by atoms with E-state index in [1.54, 1.807) is 18.2 Å². The zero-order valence-electron chi connectivity index (χ0n) is 14.9. The van der Waals surface area contributed by atoms with Gasteiger partial charge in [-0.2, -0.15) is 5.26 Å². The molecule has 1 aromatic heterocycles. The van der Waals surface area contributed by atoms with Crippen molar-refractivity contribution in [3.8, 4) is 6.07 Å². The van der Waals surface area contributed by atoms with Gasteiger partial charge >= 0.3 is 0 Å². The summed E-state index contributed by atoms with van der Waals surface area (Å²) in [5.41, 5.74) is 6.79. The Balaban J connectivity index is 2.18. The normalized spacial score (nSPS) is 12.0. The Labute approximate surface area is 151 Å². The molecule has 0 saturated heterocycles. The number of aromatic amines is 1. The maximum Gasteiger partial charge on any atom is 0.296 e. The van der Waals surface area contributed by atoms with Crippen LogP contribution in [0.1, 0.15) is 30.6 Å². The minimum Gasteiger partial charge on any atom is -0.360 e. The number of nitrogens with zero attached hydrogens (tertiary/aromatic N) is 2. The molecule has 0 saturated carbocycles. The predicted octanol–water partition coefficient (Wildman–Crippen LogP) is 1.65. The van der Waals surface area contributed by atoms with Gasteiger partial charge in [0.05, 0.1) is 24.2 Å². The van der Waals surface area contributed by atoms with E-state index in [4.69, 9.17) is 11.0 Å². The van der Waals surface area contributed by atoms with Crippen molar-refractivity contribution < 1.29 is 14.4 Å². The molecule has 3 N–H and O–H groups in total. The number of carbonyl (C=O) groups is 3. The molecule has 26 heavy (non-hydrogen) atoms. The van der Waals surface area contributed by atoms with Crippen molar-refractivity contribution in [2.75, 3.05) is 13.1 Å². The topological polar surface area (TPSA) is 120 Å². The number of H-pyrrole nitrogens is 1. The zero-order valence-corrected chi connectivity index (χ0v) is 14.9. The van der Waals surface area contributed by atoms with Crippen LogP contribution < -0.4 is 5.73 Å². The average Bonchev–Trinajstić information content (AvgIpc) is 3.03. The summed E-state index contributed by atoms with van der Waals surface area (Å²) in [4.78, 5) is 41.3. The third-order valence-electron chi connectivity index (χ3n) is 4.06. The summed E-state index contributed by atoms with van der Waals surface area (Å²) < 4.78 is 0. The molecule has 2 rings (SSSR count). The van der Waals surface area contributed by atoms with Crippen LogP contribution in [0.2, 0.25) is 0 Å². The molecule has 0 aliphatic heterocycles. The lowest BCUT2D eigenvalue weighted by Crippen LogP contribution is -2.45. The first-order valence-electron chi connectivity index (χ1n) is 8.40. The third kappa shape index (κ3) is 4.35. The van der Waals surface area contributed by atoms with E-state index in [1.807, 2.05) is 26.0 Å². The van der Waals surface area contributed by atoms with Gasteiger partial charge in [0.1, 0.15) is 6.54 Å². The number of benzene rings is 1. The van der Waals surface area contributed by atoms with Crippen LogP contribution in [0.25, 0.3) is 10.9 Å². The van der Waals surface area contributed by atoms with Crippen LogP contribution in [-0.4, -0.2) is 46.5 Å². The van der Waals surface area contributed by atoms with Gasteiger partial charge in [0, 0.05) is 17.1 Å². The van der Waals surface area contributed by atoms with Crippen molar-refractivity contribution >= 4 is 28.4 Å². The van der Waals surface area contributed by atoms with E-state index >= 15 is 0 Å². The predicted molar refractivity (Wildman–Crippen MR) is 97.3 cm³/mol. The van der Waals surface area contributed by atoms with Crippen LogP contribution in [0.3, 0.4) is 0 Å². The van der Waals surface area contributed by atoms with Crippen LogP contribution in [0.15, 0.2) is 30.5 Å².